The Balaban J connectivity index is 1.94. The van der Waals surface area contributed by atoms with Gasteiger partial charge in [0.25, 0.3) is 0 Å². The van der Waals surface area contributed by atoms with Gasteiger partial charge in [-0.15, -0.1) is 0 Å². The minimum absolute atomic E-state index is 0.0897. The maximum absolute atomic E-state index is 12.6. The van der Waals surface area contributed by atoms with Crippen molar-refractivity contribution >= 4 is 40.0 Å². The number of halogens is 2. The third-order valence-electron chi connectivity index (χ3n) is 3.85. The summed E-state index contributed by atoms with van der Waals surface area (Å²) in [6.07, 6.45) is 1.88. The first kappa shape index (κ1) is 14.7. The fourth-order valence-electron chi connectivity index (χ4n) is 2.69. The van der Waals surface area contributed by atoms with Crippen molar-refractivity contribution in [2.24, 2.45) is 0 Å². The largest absolute Gasteiger partial charge is 0.378 e. The molecule has 1 atom stereocenters. The van der Waals surface area contributed by atoms with E-state index in [1.165, 1.54) is 0 Å². The third-order valence-corrected chi connectivity index (χ3v) is 4.38. The van der Waals surface area contributed by atoms with Crippen LogP contribution < -0.4 is 0 Å². The van der Waals surface area contributed by atoms with E-state index in [1.807, 2.05) is 34.7 Å². The molecule has 2 heterocycles. The van der Waals surface area contributed by atoms with E-state index in [4.69, 9.17) is 27.9 Å². The van der Waals surface area contributed by atoms with Gasteiger partial charge in [-0.1, -0.05) is 23.2 Å². The monoisotopic (exact) mass is 326 g/mol. The highest BCUT2D eigenvalue weighted by atomic mass is 35.5. The number of carbonyl (C=O) groups is 1. The van der Waals surface area contributed by atoms with Gasteiger partial charge in [0.1, 0.15) is 6.04 Å². The Labute approximate surface area is 133 Å². The molecular weight excluding hydrogens is 311 g/mol. The van der Waals surface area contributed by atoms with Crippen LogP contribution in [-0.2, 0) is 9.53 Å². The van der Waals surface area contributed by atoms with E-state index in [2.05, 4.69) is 0 Å². The molecule has 1 saturated heterocycles. The number of benzene rings is 1. The van der Waals surface area contributed by atoms with Gasteiger partial charge in [0.15, 0.2) is 0 Å². The summed E-state index contributed by atoms with van der Waals surface area (Å²) in [6, 6.07) is 5.17. The van der Waals surface area contributed by atoms with Crippen molar-refractivity contribution in [2.45, 2.75) is 13.0 Å². The van der Waals surface area contributed by atoms with Crippen LogP contribution in [0.3, 0.4) is 0 Å². The molecule has 0 saturated carbocycles. The molecule has 1 aromatic carbocycles. The molecule has 1 fully saturated rings. The summed E-state index contributed by atoms with van der Waals surface area (Å²) < 4.78 is 7.21. The number of fused-ring (bicyclic) bond motifs is 1. The molecule has 112 valence electrons. The Hall–Kier alpha value is -1.23. The summed E-state index contributed by atoms with van der Waals surface area (Å²) in [7, 11) is 0. The number of morpholine rings is 1. The smallest absolute Gasteiger partial charge is 0.245 e. The summed E-state index contributed by atoms with van der Waals surface area (Å²) in [6.45, 7) is 4.38. The first-order chi connectivity index (χ1) is 10.1. The molecular formula is C15H16Cl2N2O2. The normalized spacial score (nSPS) is 17.2. The lowest BCUT2D eigenvalue weighted by molar-refractivity contribution is -0.138. The van der Waals surface area contributed by atoms with Crippen molar-refractivity contribution < 1.29 is 9.53 Å². The number of nitrogens with zero attached hydrogens (tertiary/aromatic N) is 2. The predicted octanol–water partition coefficient (Wildman–Crippen LogP) is 3.37. The van der Waals surface area contributed by atoms with Crippen LogP contribution in [0.4, 0.5) is 0 Å². The molecule has 21 heavy (non-hydrogen) atoms. The number of rotatable bonds is 2. The zero-order valence-electron chi connectivity index (χ0n) is 11.7. The zero-order chi connectivity index (χ0) is 15.0. The van der Waals surface area contributed by atoms with Gasteiger partial charge in [-0.3, -0.25) is 4.79 Å². The van der Waals surface area contributed by atoms with Gasteiger partial charge in [0, 0.05) is 29.7 Å². The number of hydrogen-bond acceptors (Lipinski definition) is 2. The van der Waals surface area contributed by atoms with Gasteiger partial charge in [0.2, 0.25) is 5.91 Å². The van der Waals surface area contributed by atoms with E-state index in [1.54, 1.807) is 6.07 Å². The molecule has 4 nitrogen and oxygen atoms in total. The van der Waals surface area contributed by atoms with Crippen LogP contribution in [0.5, 0.6) is 0 Å². The maximum Gasteiger partial charge on any atom is 0.245 e. The van der Waals surface area contributed by atoms with Gasteiger partial charge in [-0.05, 0) is 25.1 Å². The van der Waals surface area contributed by atoms with Crippen LogP contribution in [0, 0.1) is 0 Å². The van der Waals surface area contributed by atoms with E-state index in [0.717, 1.165) is 10.9 Å². The van der Waals surface area contributed by atoms with Crippen LogP contribution in [0.1, 0.15) is 13.0 Å². The highest BCUT2D eigenvalue weighted by Crippen LogP contribution is 2.30. The summed E-state index contributed by atoms with van der Waals surface area (Å²) >= 11 is 12.3. The molecule has 1 aliphatic rings. The van der Waals surface area contributed by atoms with Gasteiger partial charge < -0.3 is 14.2 Å². The van der Waals surface area contributed by atoms with E-state index in [9.17, 15) is 4.79 Å². The zero-order valence-corrected chi connectivity index (χ0v) is 13.2. The average molecular weight is 327 g/mol. The Bertz CT molecular complexity index is 678. The molecule has 0 aliphatic carbocycles. The molecule has 0 bridgehead atoms. The van der Waals surface area contributed by atoms with Gasteiger partial charge >= 0.3 is 0 Å². The Kier molecular flexibility index (Phi) is 4.11. The number of ether oxygens (including phenoxy) is 1. The first-order valence-electron chi connectivity index (χ1n) is 6.90. The number of carbonyl (C=O) groups excluding carboxylic acids is 1. The lowest BCUT2D eigenvalue weighted by Gasteiger charge is -2.30. The van der Waals surface area contributed by atoms with E-state index < -0.39 is 0 Å². The molecule has 6 heteroatoms. The molecule has 1 amide bonds. The second-order valence-corrected chi connectivity index (χ2v) is 6.00. The van der Waals surface area contributed by atoms with Crippen molar-refractivity contribution in [3.05, 3.63) is 34.4 Å². The molecule has 0 spiro atoms. The summed E-state index contributed by atoms with van der Waals surface area (Å²) in [5, 5.41) is 2.07. The molecule has 1 aromatic heterocycles. The first-order valence-corrected chi connectivity index (χ1v) is 7.65. The molecule has 3 rings (SSSR count). The van der Waals surface area contributed by atoms with E-state index in [0.29, 0.717) is 36.3 Å². The van der Waals surface area contributed by atoms with Crippen LogP contribution in [0.15, 0.2) is 24.4 Å². The fraction of sp³-hybridized carbons (Fsp3) is 0.400. The molecule has 2 aromatic rings. The SMILES string of the molecule is CC(C(=O)N1CCOCC1)n1ccc2c(Cl)cc(Cl)cc21. The van der Waals surface area contributed by atoms with Gasteiger partial charge in [-0.2, -0.15) is 0 Å². The van der Waals surface area contributed by atoms with Crippen LogP contribution in [0.2, 0.25) is 10.0 Å². The van der Waals surface area contributed by atoms with Gasteiger partial charge in [-0.25, -0.2) is 0 Å². The minimum atomic E-state index is -0.296. The number of hydrogen-bond donors (Lipinski definition) is 0. The molecule has 1 aliphatic heterocycles. The lowest BCUT2D eigenvalue weighted by Crippen LogP contribution is -2.43. The Morgan fingerprint density at radius 3 is 2.71 bits per heavy atom. The second-order valence-electron chi connectivity index (χ2n) is 5.16. The topological polar surface area (TPSA) is 34.5 Å². The standard InChI is InChI=1S/C15H16Cl2N2O2/c1-10(15(20)18-4-6-21-7-5-18)19-3-2-12-13(17)8-11(16)9-14(12)19/h2-3,8-10H,4-7H2,1H3. The summed E-state index contributed by atoms with van der Waals surface area (Å²) in [4.78, 5) is 14.4. The van der Waals surface area contributed by atoms with Gasteiger partial charge in [0.05, 0.1) is 23.8 Å². The lowest BCUT2D eigenvalue weighted by atomic mass is 10.2. The van der Waals surface area contributed by atoms with E-state index in [-0.39, 0.29) is 11.9 Å². The summed E-state index contributed by atoms with van der Waals surface area (Å²) in [5.74, 6) is 0.0897. The van der Waals surface area contributed by atoms with Crippen LogP contribution in [-0.4, -0.2) is 41.7 Å². The second kappa shape index (κ2) is 5.87. The highest BCUT2D eigenvalue weighted by molar-refractivity contribution is 6.38. The number of aromatic nitrogens is 1. The van der Waals surface area contributed by atoms with Crippen molar-refractivity contribution in [1.82, 2.24) is 9.47 Å². The predicted molar refractivity (Wildman–Crippen MR) is 84.1 cm³/mol. The van der Waals surface area contributed by atoms with Crippen LogP contribution >= 0.6 is 23.2 Å². The summed E-state index contributed by atoms with van der Waals surface area (Å²) in [5.41, 5.74) is 0.876. The highest BCUT2D eigenvalue weighted by Gasteiger charge is 2.24. The average Bonchev–Trinajstić information content (AvgIpc) is 2.90. The molecule has 1 unspecified atom stereocenters. The van der Waals surface area contributed by atoms with Crippen molar-refractivity contribution in [2.75, 3.05) is 26.3 Å². The van der Waals surface area contributed by atoms with Crippen molar-refractivity contribution in [3.8, 4) is 0 Å². The Morgan fingerprint density at radius 2 is 2.00 bits per heavy atom. The molecule has 0 radical (unpaired) electrons. The number of amides is 1. The van der Waals surface area contributed by atoms with Crippen molar-refractivity contribution in [3.63, 3.8) is 0 Å². The molecule has 0 N–H and O–H groups in total. The fourth-order valence-corrected chi connectivity index (χ4v) is 3.24. The maximum atomic E-state index is 12.6. The quantitative estimate of drug-likeness (QED) is 0.848. The van der Waals surface area contributed by atoms with Crippen LogP contribution in [0.25, 0.3) is 10.9 Å². The van der Waals surface area contributed by atoms with E-state index >= 15 is 0 Å². The minimum Gasteiger partial charge on any atom is -0.378 e. The third kappa shape index (κ3) is 2.76. The van der Waals surface area contributed by atoms with Crippen molar-refractivity contribution in [1.29, 1.82) is 0 Å². The Morgan fingerprint density at radius 1 is 1.29 bits per heavy atom.